The van der Waals surface area contributed by atoms with E-state index in [1.165, 1.54) is 18.2 Å². The van der Waals surface area contributed by atoms with Gasteiger partial charge < -0.3 is 10.1 Å². The van der Waals surface area contributed by atoms with Gasteiger partial charge in [0.25, 0.3) is 11.6 Å². The summed E-state index contributed by atoms with van der Waals surface area (Å²) in [5.74, 6) is -0.858. The van der Waals surface area contributed by atoms with E-state index in [9.17, 15) is 19.7 Å². The van der Waals surface area contributed by atoms with Crippen molar-refractivity contribution >= 4 is 23.4 Å². The van der Waals surface area contributed by atoms with Crippen LogP contribution >= 0.6 is 0 Å². The number of nitrogens with one attached hydrogen (secondary N) is 1. The Morgan fingerprint density at radius 3 is 2.79 bits per heavy atom. The van der Waals surface area contributed by atoms with Crippen LogP contribution < -0.4 is 5.32 Å². The third kappa shape index (κ3) is 4.15. The maximum Gasteiger partial charge on any atom is 0.338 e. The predicted octanol–water partition coefficient (Wildman–Crippen LogP) is 2.17. The number of amides is 1. The molecule has 0 spiro atoms. The average molecular weight is 332 g/mol. The second kappa shape index (κ2) is 7.36. The molecule has 0 aliphatic carbocycles. The van der Waals surface area contributed by atoms with Crippen LogP contribution in [-0.2, 0) is 9.53 Å². The van der Waals surface area contributed by atoms with Gasteiger partial charge in [0.15, 0.2) is 6.61 Å². The number of hydrogen-bond acceptors (Lipinski definition) is 6. The lowest BCUT2D eigenvalue weighted by atomic mass is 10.2. The molecule has 1 heterocycles. The lowest BCUT2D eigenvalue weighted by Gasteiger charge is -2.11. The number of anilines is 1. The standard InChI is InChI=1S/C15H16N4O5/c1-10(2)18-13(6-7-16-18)17-14(20)9-24-15(21)11-4-3-5-12(8-11)19(22)23/h3-8,10H,9H2,1-2H3,(H,17,20). The molecule has 1 aromatic heterocycles. The van der Waals surface area contributed by atoms with Crippen LogP contribution in [0.1, 0.15) is 30.2 Å². The molecule has 0 aliphatic rings. The Morgan fingerprint density at radius 1 is 1.38 bits per heavy atom. The van der Waals surface area contributed by atoms with Gasteiger partial charge in [0.2, 0.25) is 0 Å². The van der Waals surface area contributed by atoms with Crippen molar-refractivity contribution in [3.63, 3.8) is 0 Å². The summed E-state index contributed by atoms with van der Waals surface area (Å²) in [4.78, 5) is 33.8. The van der Waals surface area contributed by atoms with Crippen LogP contribution in [-0.4, -0.2) is 33.2 Å². The van der Waals surface area contributed by atoms with Gasteiger partial charge in [-0.15, -0.1) is 0 Å². The van der Waals surface area contributed by atoms with E-state index >= 15 is 0 Å². The molecule has 0 saturated heterocycles. The molecule has 126 valence electrons. The number of rotatable bonds is 6. The molecule has 0 bridgehead atoms. The number of aromatic nitrogens is 2. The Hall–Kier alpha value is -3.23. The zero-order valence-corrected chi connectivity index (χ0v) is 13.1. The summed E-state index contributed by atoms with van der Waals surface area (Å²) < 4.78 is 6.48. The van der Waals surface area contributed by atoms with E-state index in [1.807, 2.05) is 13.8 Å². The third-order valence-corrected chi connectivity index (χ3v) is 3.05. The van der Waals surface area contributed by atoms with E-state index in [1.54, 1.807) is 16.9 Å². The van der Waals surface area contributed by atoms with Gasteiger partial charge >= 0.3 is 5.97 Å². The molecule has 0 radical (unpaired) electrons. The molecule has 1 amide bonds. The van der Waals surface area contributed by atoms with Crippen LogP contribution in [0.5, 0.6) is 0 Å². The number of carbonyl (C=O) groups excluding carboxylic acids is 2. The number of hydrogen-bond donors (Lipinski definition) is 1. The first-order valence-corrected chi connectivity index (χ1v) is 7.13. The topological polar surface area (TPSA) is 116 Å². The summed E-state index contributed by atoms with van der Waals surface area (Å²) in [5.41, 5.74) is -0.223. The maximum atomic E-state index is 11.9. The molecule has 1 N–H and O–H groups in total. The summed E-state index contributed by atoms with van der Waals surface area (Å²) >= 11 is 0. The molecule has 9 nitrogen and oxygen atoms in total. The molecular weight excluding hydrogens is 316 g/mol. The fourth-order valence-corrected chi connectivity index (χ4v) is 1.96. The molecule has 9 heteroatoms. The van der Waals surface area contributed by atoms with Gasteiger partial charge in [0.1, 0.15) is 5.82 Å². The molecule has 24 heavy (non-hydrogen) atoms. The quantitative estimate of drug-likeness (QED) is 0.492. The van der Waals surface area contributed by atoms with Crippen molar-refractivity contribution in [3.8, 4) is 0 Å². The van der Waals surface area contributed by atoms with Crippen LogP contribution in [0, 0.1) is 10.1 Å². The van der Waals surface area contributed by atoms with Gasteiger partial charge in [0, 0.05) is 24.2 Å². The van der Waals surface area contributed by atoms with Crippen molar-refractivity contribution in [2.75, 3.05) is 11.9 Å². The van der Waals surface area contributed by atoms with Gasteiger partial charge in [0.05, 0.1) is 16.7 Å². The van der Waals surface area contributed by atoms with Crippen LogP contribution in [0.3, 0.4) is 0 Å². The highest BCUT2D eigenvalue weighted by atomic mass is 16.6. The molecule has 2 aromatic rings. The lowest BCUT2D eigenvalue weighted by molar-refractivity contribution is -0.384. The molecule has 0 atom stereocenters. The number of ether oxygens (including phenoxy) is 1. The number of carbonyl (C=O) groups is 2. The monoisotopic (exact) mass is 332 g/mol. The zero-order valence-electron chi connectivity index (χ0n) is 13.1. The fraction of sp³-hybridized carbons (Fsp3) is 0.267. The molecule has 2 rings (SSSR count). The van der Waals surface area contributed by atoms with Crippen molar-refractivity contribution in [3.05, 3.63) is 52.2 Å². The normalized spacial score (nSPS) is 10.5. The van der Waals surface area contributed by atoms with Gasteiger partial charge in [-0.3, -0.25) is 14.9 Å². The van der Waals surface area contributed by atoms with Gasteiger partial charge in [-0.05, 0) is 19.9 Å². The molecule has 0 fully saturated rings. The van der Waals surface area contributed by atoms with Crippen molar-refractivity contribution in [1.82, 2.24) is 9.78 Å². The minimum absolute atomic E-state index is 0.00391. The maximum absolute atomic E-state index is 11.9. The van der Waals surface area contributed by atoms with E-state index in [-0.39, 0.29) is 17.3 Å². The summed E-state index contributed by atoms with van der Waals surface area (Å²) in [5, 5.41) is 17.3. The SMILES string of the molecule is CC(C)n1nccc1NC(=O)COC(=O)c1cccc([N+](=O)[O-])c1. The Labute approximate surface area is 137 Å². The number of benzene rings is 1. The summed E-state index contributed by atoms with van der Waals surface area (Å²) in [6.45, 7) is 3.31. The minimum atomic E-state index is -0.814. The first-order chi connectivity index (χ1) is 11.4. The number of nitro benzene ring substituents is 1. The van der Waals surface area contributed by atoms with Crippen molar-refractivity contribution in [2.24, 2.45) is 0 Å². The minimum Gasteiger partial charge on any atom is -0.452 e. The first-order valence-electron chi connectivity index (χ1n) is 7.13. The van der Waals surface area contributed by atoms with Crippen LogP contribution in [0.2, 0.25) is 0 Å². The average Bonchev–Trinajstić information content (AvgIpc) is 3.01. The fourth-order valence-electron chi connectivity index (χ4n) is 1.96. The van der Waals surface area contributed by atoms with Gasteiger partial charge in [-0.1, -0.05) is 6.07 Å². The zero-order chi connectivity index (χ0) is 17.7. The second-order valence-electron chi connectivity index (χ2n) is 5.19. The van der Waals surface area contributed by atoms with Crippen molar-refractivity contribution in [1.29, 1.82) is 0 Å². The number of nitro groups is 1. The van der Waals surface area contributed by atoms with Gasteiger partial charge in [-0.2, -0.15) is 5.10 Å². The number of nitrogens with zero attached hydrogens (tertiary/aromatic N) is 3. The van der Waals surface area contributed by atoms with E-state index in [0.29, 0.717) is 5.82 Å². The predicted molar refractivity (Wildman–Crippen MR) is 84.6 cm³/mol. The summed E-state index contributed by atoms with van der Waals surface area (Å²) in [7, 11) is 0. The Kier molecular flexibility index (Phi) is 5.25. The highest BCUT2D eigenvalue weighted by Crippen LogP contribution is 2.15. The van der Waals surface area contributed by atoms with Crippen LogP contribution in [0.15, 0.2) is 36.5 Å². The number of esters is 1. The van der Waals surface area contributed by atoms with E-state index in [4.69, 9.17) is 4.74 Å². The number of non-ortho nitro benzene ring substituents is 1. The second-order valence-corrected chi connectivity index (χ2v) is 5.19. The van der Waals surface area contributed by atoms with Crippen LogP contribution in [0.4, 0.5) is 11.5 Å². The van der Waals surface area contributed by atoms with E-state index in [0.717, 1.165) is 6.07 Å². The smallest absolute Gasteiger partial charge is 0.338 e. The Morgan fingerprint density at radius 2 is 2.12 bits per heavy atom. The summed E-state index contributed by atoms with van der Waals surface area (Å²) in [6.07, 6.45) is 1.55. The third-order valence-electron chi connectivity index (χ3n) is 3.05. The van der Waals surface area contributed by atoms with Crippen LogP contribution in [0.25, 0.3) is 0 Å². The van der Waals surface area contributed by atoms with E-state index < -0.39 is 23.4 Å². The molecule has 0 saturated carbocycles. The van der Waals surface area contributed by atoms with E-state index in [2.05, 4.69) is 10.4 Å². The highest BCUT2D eigenvalue weighted by Gasteiger charge is 2.15. The highest BCUT2D eigenvalue weighted by molar-refractivity contribution is 5.95. The molecule has 0 aliphatic heterocycles. The first kappa shape index (κ1) is 17.1. The van der Waals surface area contributed by atoms with Crippen molar-refractivity contribution < 1.29 is 19.2 Å². The molecule has 1 aromatic carbocycles. The Bertz CT molecular complexity index is 769. The van der Waals surface area contributed by atoms with Gasteiger partial charge in [-0.25, -0.2) is 9.48 Å². The molecule has 0 unspecified atom stereocenters. The Balaban J connectivity index is 1.94. The molecular formula is C15H16N4O5. The van der Waals surface area contributed by atoms with Crippen molar-refractivity contribution in [2.45, 2.75) is 19.9 Å². The summed E-state index contributed by atoms with van der Waals surface area (Å²) in [6, 6.07) is 6.78. The largest absolute Gasteiger partial charge is 0.452 e. The lowest BCUT2D eigenvalue weighted by Crippen LogP contribution is -2.23.